The standard InChI is InChI=1S/C17H26N2O2/c1-17(2,18)16(20)19-12-13-8-10-15(11-9-13)21-14-6-4-3-5-7-14/h8-11,14H,3-7,12,18H2,1-2H3,(H,19,20). The Balaban J connectivity index is 1.82. The quantitative estimate of drug-likeness (QED) is 0.876. The van der Waals surface area contributed by atoms with Crippen molar-refractivity contribution in [3.63, 3.8) is 0 Å². The average Bonchev–Trinajstić information content (AvgIpc) is 2.46. The van der Waals surface area contributed by atoms with Crippen LogP contribution in [0.3, 0.4) is 0 Å². The van der Waals surface area contributed by atoms with Gasteiger partial charge in [0, 0.05) is 6.54 Å². The van der Waals surface area contributed by atoms with Crippen molar-refractivity contribution in [2.45, 2.75) is 64.1 Å². The molecule has 0 saturated heterocycles. The van der Waals surface area contributed by atoms with Crippen LogP contribution in [0, 0.1) is 0 Å². The third-order valence-corrected chi connectivity index (χ3v) is 3.82. The largest absolute Gasteiger partial charge is 0.490 e. The summed E-state index contributed by atoms with van der Waals surface area (Å²) in [6.07, 6.45) is 6.54. The highest BCUT2D eigenvalue weighted by Gasteiger charge is 2.21. The fraction of sp³-hybridized carbons (Fsp3) is 0.588. The van der Waals surface area contributed by atoms with Crippen LogP contribution in [-0.2, 0) is 11.3 Å². The van der Waals surface area contributed by atoms with Crippen LogP contribution < -0.4 is 15.8 Å². The van der Waals surface area contributed by atoms with E-state index in [9.17, 15) is 4.79 Å². The minimum absolute atomic E-state index is 0.148. The van der Waals surface area contributed by atoms with E-state index in [4.69, 9.17) is 10.5 Å². The second-order valence-electron chi connectivity index (χ2n) is 6.43. The number of hydrogen-bond donors (Lipinski definition) is 2. The van der Waals surface area contributed by atoms with Gasteiger partial charge < -0.3 is 15.8 Å². The minimum atomic E-state index is -0.843. The zero-order valence-electron chi connectivity index (χ0n) is 13.0. The fourth-order valence-electron chi connectivity index (χ4n) is 2.47. The van der Waals surface area contributed by atoms with E-state index < -0.39 is 5.54 Å². The first-order chi connectivity index (χ1) is 9.95. The van der Waals surface area contributed by atoms with Gasteiger partial charge >= 0.3 is 0 Å². The van der Waals surface area contributed by atoms with Crippen molar-refractivity contribution >= 4 is 5.91 Å². The van der Waals surface area contributed by atoms with Crippen LogP contribution in [0.15, 0.2) is 24.3 Å². The Bertz CT molecular complexity index is 457. The second-order valence-corrected chi connectivity index (χ2v) is 6.43. The van der Waals surface area contributed by atoms with Crippen LogP contribution in [-0.4, -0.2) is 17.6 Å². The van der Waals surface area contributed by atoms with Gasteiger partial charge in [0.25, 0.3) is 0 Å². The van der Waals surface area contributed by atoms with Crippen molar-refractivity contribution < 1.29 is 9.53 Å². The fourth-order valence-corrected chi connectivity index (χ4v) is 2.47. The molecule has 0 atom stereocenters. The Labute approximate surface area is 127 Å². The van der Waals surface area contributed by atoms with Crippen molar-refractivity contribution in [2.75, 3.05) is 0 Å². The molecule has 0 heterocycles. The summed E-state index contributed by atoms with van der Waals surface area (Å²) < 4.78 is 5.98. The summed E-state index contributed by atoms with van der Waals surface area (Å²) in [5, 5.41) is 2.83. The molecule has 1 aromatic carbocycles. The van der Waals surface area contributed by atoms with E-state index >= 15 is 0 Å². The van der Waals surface area contributed by atoms with Crippen LogP contribution in [0.2, 0.25) is 0 Å². The number of carbonyl (C=O) groups excluding carboxylic acids is 1. The number of amides is 1. The molecule has 0 unspecified atom stereocenters. The molecule has 0 radical (unpaired) electrons. The van der Waals surface area contributed by atoms with Gasteiger partial charge in [-0.25, -0.2) is 0 Å². The normalized spacial score (nSPS) is 16.5. The molecule has 4 nitrogen and oxygen atoms in total. The van der Waals surface area contributed by atoms with E-state index in [0.29, 0.717) is 12.6 Å². The second kappa shape index (κ2) is 6.94. The van der Waals surface area contributed by atoms with Gasteiger partial charge in [-0.05, 0) is 57.2 Å². The SMILES string of the molecule is CC(C)(N)C(=O)NCc1ccc(OC2CCCCC2)cc1. The molecule has 1 fully saturated rings. The molecular weight excluding hydrogens is 264 g/mol. The number of nitrogens with one attached hydrogen (secondary N) is 1. The molecule has 0 aliphatic heterocycles. The molecule has 1 aliphatic rings. The summed E-state index contributed by atoms with van der Waals surface area (Å²) in [5.41, 5.74) is 5.94. The summed E-state index contributed by atoms with van der Waals surface area (Å²) in [6.45, 7) is 3.88. The number of rotatable bonds is 5. The number of hydrogen-bond acceptors (Lipinski definition) is 3. The predicted octanol–water partition coefficient (Wildman–Crippen LogP) is 2.75. The Morgan fingerprint density at radius 2 is 1.86 bits per heavy atom. The van der Waals surface area contributed by atoms with Gasteiger partial charge in [0.2, 0.25) is 5.91 Å². The first-order valence-electron chi connectivity index (χ1n) is 7.78. The number of carbonyl (C=O) groups is 1. The lowest BCUT2D eigenvalue weighted by atomic mass is 9.98. The van der Waals surface area contributed by atoms with Crippen molar-refractivity contribution in [3.05, 3.63) is 29.8 Å². The molecule has 1 amide bonds. The lowest BCUT2D eigenvalue weighted by Gasteiger charge is -2.23. The van der Waals surface area contributed by atoms with Gasteiger partial charge in [-0.1, -0.05) is 18.6 Å². The zero-order valence-corrected chi connectivity index (χ0v) is 13.0. The summed E-state index contributed by atoms with van der Waals surface area (Å²) in [7, 11) is 0. The first-order valence-corrected chi connectivity index (χ1v) is 7.78. The maximum atomic E-state index is 11.7. The molecule has 0 aromatic heterocycles. The molecule has 1 aromatic rings. The van der Waals surface area contributed by atoms with E-state index in [1.165, 1.54) is 19.3 Å². The molecule has 1 aliphatic carbocycles. The highest BCUT2D eigenvalue weighted by Crippen LogP contribution is 2.23. The molecule has 116 valence electrons. The van der Waals surface area contributed by atoms with Gasteiger partial charge in [0.1, 0.15) is 5.75 Å². The lowest BCUT2D eigenvalue weighted by Crippen LogP contribution is -2.48. The topological polar surface area (TPSA) is 64.4 Å². The summed E-state index contributed by atoms with van der Waals surface area (Å²) in [6, 6.07) is 7.93. The van der Waals surface area contributed by atoms with E-state index in [1.54, 1.807) is 13.8 Å². The third-order valence-electron chi connectivity index (χ3n) is 3.82. The van der Waals surface area contributed by atoms with E-state index in [1.807, 2.05) is 24.3 Å². The monoisotopic (exact) mass is 290 g/mol. The molecule has 21 heavy (non-hydrogen) atoms. The molecule has 4 heteroatoms. The highest BCUT2D eigenvalue weighted by molar-refractivity contribution is 5.84. The van der Waals surface area contributed by atoms with Gasteiger partial charge in [-0.2, -0.15) is 0 Å². The van der Waals surface area contributed by atoms with Crippen molar-refractivity contribution in [1.29, 1.82) is 0 Å². The molecule has 3 N–H and O–H groups in total. The van der Waals surface area contributed by atoms with E-state index in [2.05, 4.69) is 5.32 Å². The van der Waals surface area contributed by atoms with Crippen LogP contribution in [0.1, 0.15) is 51.5 Å². The van der Waals surface area contributed by atoms with Gasteiger partial charge in [-0.3, -0.25) is 4.79 Å². The smallest absolute Gasteiger partial charge is 0.239 e. The molecule has 0 spiro atoms. The number of benzene rings is 1. The predicted molar refractivity (Wildman–Crippen MR) is 84.1 cm³/mol. The van der Waals surface area contributed by atoms with Crippen molar-refractivity contribution in [3.8, 4) is 5.75 Å². The van der Waals surface area contributed by atoms with Gasteiger partial charge in [-0.15, -0.1) is 0 Å². The molecule has 1 saturated carbocycles. The average molecular weight is 290 g/mol. The highest BCUT2D eigenvalue weighted by atomic mass is 16.5. The lowest BCUT2D eigenvalue weighted by molar-refractivity contribution is -0.125. The van der Waals surface area contributed by atoms with Crippen LogP contribution in [0.25, 0.3) is 0 Å². The van der Waals surface area contributed by atoms with Crippen LogP contribution >= 0.6 is 0 Å². The minimum Gasteiger partial charge on any atom is -0.490 e. The zero-order chi connectivity index (χ0) is 15.3. The van der Waals surface area contributed by atoms with Gasteiger partial charge in [0.05, 0.1) is 11.6 Å². The van der Waals surface area contributed by atoms with Crippen molar-refractivity contribution in [1.82, 2.24) is 5.32 Å². The number of ether oxygens (including phenoxy) is 1. The first kappa shape index (κ1) is 15.8. The maximum absolute atomic E-state index is 11.7. The Kier molecular flexibility index (Phi) is 5.23. The van der Waals surface area contributed by atoms with E-state index in [0.717, 1.165) is 24.2 Å². The van der Waals surface area contributed by atoms with E-state index in [-0.39, 0.29) is 5.91 Å². The molecule has 2 rings (SSSR count). The summed E-state index contributed by atoms with van der Waals surface area (Å²) >= 11 is 0. The summed E-state index contributed by atoms with van der Waals surface area (Å²) in [5.74, 6) is 0.765. The number of nitrogens with two attached hydrogens (primary N) is 1. The summed E-state index contributed by atoms with van der Waals surface area (Å²) in [4.78, 5) is 11.7. The Morgan fingerprint density at radius 1 is 1.24 bits per heavy atom. The van der Waals surface area contributed by atoms with Crippen LogP contribution in [0.4, 0.5) is 0 Å². The molecular formula is C17H26N2O2. The van der Waals surface area contributed by atoms with Crippen molar-refractivity contribution in [2.24, 2.45) is 5.73 Å². The Morgan fingerprint density at radius 3 is 2.43 bits per heavy atom. The van der Waals surface area contributed by atoms with Crippen LogP contribution in [0.5, 0.6) is 5.75 Å². The maximum Gasteiger partial charge on any atom is 0.239 e. The van der Waals surface area contributed by atoms with Gasteiger partial charge in [0.15, 0.2) is 0 Å². The third kappa shape index (κ3) is 5.05. The Hall–Kier alpha value is -1.55. The molecule has 0 bridgehead atoms.